The summed E-state index contributed by atoms with van der Waals surface area (Å²) in [6, 6.07) is 11.5. The molecule has 0 N–H and O–H groups in total. The first kappa shape index (κ1) is 13.2. The Bertz CT molecular complexity index is 598. The molecule has 0 heterocycles. The highest BCUT2D eigenvalue weighted by molar-refractivity contribution is 9.10. The second-order valence-corrected chi connectivity index (χ2v) is 4.99. The molecule has 2 rings (SSSR count). The van der Waals surface area contributed by atoms with E-state index < -0.39 is 5.82 Å². The number of carbonyl (C=O) groups is 1. The van der Waals surface area contributed by atoms with Crippen LogP contribution in [-0.4, -0.2) is 5.78 Å². The van der Waals surface area contributed by atoms with Crippen molar-refractivity contribution in [2.24, 2.45) is 0 Å². The van der Waals surface area contributed by atoms with Crippen LogP contribution in [-0.2, 0) is 6.42 Å². The maximum atomic E-state index is 13.3. The molecule has 0 saturated carbocycles. The number of Topliss-reactive ketones (excluding diaryl/α,β-unsaturated/α-hetero) is 1. The molecular formula is C14H9BrClFO. The summed E-state index contributed by atoms with van der Waals surface area (Å²) in [6.07, 6.45) is 0.154. The molecule has 0 fully saturated rings. The Morgan fingerprint density at radius 2 is 1.89 bits per heavy atom. The minimum absolute atomic E-state index is 0.154. The van der Waals surface area contributed by atoms with Gasteiger partial charge in [0, 0.05) is 17.0 Å². The third kappa shape index (κ3) is 2.79. The predicted molar refractivity (Wildman–Crippen MR) is 73.6 cm³/mol. The first-order valence-corrected chi connectivity index (χ1v) is 6.47. The summed E-state index contributed by atoms with van der Waals surface area (Å²) in [7, 11) is 0. The van der Waals surface area contributed by atoms with Gasteiger partial charge in [-0.2, -0.15) is 0 Å². The lowest BCUT2D eigenvalue weighted by molar-refractivity contribution is 0.0991. The fourth-order valence-corrected chi connectivity index (χ4v) is 2.32. The highest BCUT2D eigenvalue weighted by Gasteiger charge is 2.14. The zero-order valence-corrected chi connectivity index (χ0v) is 11.6. The van der Waals surface area contributed by atoms with Gasteiger partial charge < -0.3 is 0 Å². The average molecular weight is 328 g/mol. The van der Waals surface area contributed by atoms with E-state index in [4.69, 9.17) is 11.6 Å². The Hall–Kier alpha value is -1.19. The molecule has 0 unspecified atom stereocenters. The number of rotatable bonds is 3. The summed E-state index contributed by atoms with van der Waals surface area (Å²) in [5.74, 6) is -0.616. The van der Waals surface area contributed by atoms with Gasteiger partial charge in [-0.3, -0.25) is 4.79 Å². The third-order valence-electron chi connectivity index (χ3n) is 2.56. The van der Waals surface area contributed by atoms with E-state index in [9.17, 15) is 9.18 Å². The smallest absolute Gasteiger partial charge is 0.168 e. The minimum atomic E-state index is -0.444. The van der Waals surface area contributed by atoms with E-state index in [1.807, 2.05) is 6.07 Å². The summed E-state index contributed by atoms with van der Waals surface area (Å²) in [5, 5.41) is 0.540. The standard InChI is InChI=1S/C14H9BrClFO/c15-14-10(5-3-7-12(14)17)13(18)8-9-4-1-2-6-11(9)16/h1-7H,8H2. The molecule has 0 saturated heterocycles. The molecular weight excluding hydrogens is 319 g/mol. The van der Waals surface area contributed by atoms with Gasteiger partial charge >= 0.3 is 0 Å². The van der Waals surface area contributed by atoms with Gasteiger partial charge in [0.2, 0.25) is 0 Å². The van der Waals surface area contributed by atoms with Gasteiger partial charge in [-0.1, -0.05) is 41.9 Å². The van der Waals surface area contributed by atoms with Crippen molar-refractivity contribution in [1.29, 1.82) is 0 Å². The van der Waals surface area contributed by atoms with Crippen LogP contribution in [0.1, 0.15) is 15.9 Å². The number of hydrogen-bond acceptors (Lipinski definition) is 1. The van der Waals surface area contributed by atoms with Crippen LogP contribution in [0.15, 0.2) is 46.9 Å². The molecule has 0 spiro atoms. The van der Waals surface area contributed by atoms with E-state index in [1.165, 1.54) is 12.1 Å². The van der Waals surface area contributed by atoms with E-state index in [2.05, 4.69) is 15.9 Å². The van der Waals surface area contributed by atoms with E-state index in [0.29, 0.717) is 10.6 Å². The summed E-state index contributed by atoms with van der Waals surface area (Å²) < 4.78 is 13.5. The van der Waals surface area contributed by atoms with Gasteiger partial charge in [-0.05, 0) is 33.6 Å². The van der Waals surface area contributed by atoms with Crippen LogP contribution in [0.4, 0.5) is 4.39 Å². The summed E-state index contributed by atoms with van der Waals surface area (Å²) in [4.78, 5) is 12.1. The molecule has 92 valence electrons. The van der Waals surface area contributed by atoms with Crippen LogP contribution in [0.25, 0.3) is 0 Å². The van der Waals surface area contributed by atoms with Crippen molar-refractivity contribution in [3.8, 4) is 0 Å². The maximum absolute atomic E-state index is 13.3. The third-order valence-corrected chi connectivity index (χ3v) is 3.74. The molecule has 18 heavy (non-hydrogen) atoms. The summed E-state index contributed by atoms with van der Waals surface area (Å²) >= 11 is 9.07. The normalized spacial score (nSPS) is 10.4. The van der Waals surface area contributed by atoms with Crippen LogP contribution < -0.4 is 0 Å². The molecule has 0 aliphatic carbocycles. The molecule has 0 bridgehead atoms. The van der Waals surface area contributed by atoms with Crippen molar-refractivity contribution in [3.05, 3.63) is 68.9 Å². The van der Waals surface area contributed by atoms with Gasteiger partial charge in [0.1, 0.15) is 5.82 Å². The molecule has 0 aliphatic heterocycles. The summed E-state index contributed by atoms with van der Waals surface area (Å²) in [6.45, 7) is 0. The zero-order chi connectivity index (χ0) is 13.1. The lowest BCUT2D eigenvalue weighted by Gasteiger charge is -2.06. The van der Waals surface area contributed by atoms with E-state index in [1.54, 1.807) is 24.3 Å². The Kier molecular flexibility index (Phi) is 4.15. The number of benzene rings is 2. The van der Waals surface area contributed by atoms with Crippen LogP contribution in [0, 0.1) is 5.82 Å². The number of ketones is 1. The van der Waals surface area contributed by atoms with Gasteiger partial charge in [0.25, 0.3) is 0 Å². The van der Waals surface area contributed by atoms with Crippen LogP contribution in [0.3, 0.4) is 0 Å². The maximum Gasteiger partial charge on any atom is 0.168 e. The Morgan fingerprint density at radius 1 is 1.17 bits per heavy atom. The molecule has 2 aromatic rings. The van der Waals surface area contributed by atoms with Gasteiger partial charge in [-0.25, -0.2) is 4.39 Å². The quantitative estimate of drug-likeness (QED) is 0.749. The van der Waals surface area contributed by atoms with E-state index in [-0.39, 0.29) is 16.7 Å². The summed E-state index contributed by atoms with van der Waals surface area (Å²) in [5.41, 5.74) is 1.07. The molecule has 0 aliphatic rings. The Balaban J connectivity index is 2.28. The SMILES string of the molecule is O=C(Cc1ccccc1Cl)c1cccc(F)c1Br. The van der Waals surface area contributed by atoms with Crippen molar-refractivity contribution in [2.75, 3.05) is 0 Å². The first-order chi connectivity index (χ1) is 8.59. The molecule has 0 atom stereocenters. The second-order valence-electron chi connectivity index (χ2n) is 3.79. The molecule has 0 amide bonds. The number of halogens is 3. The van der Waals surface area contributed by atoms with Gasteiger partial charge in [0.15, 0.2) is 5.78 Å². The lowest BCUT2D eigenvalue weighted by Crippen LogP contribution is -2.05. The molecule has 4 heteroatoms. The van der Waals surface area contributed by atoms with Crippen molar-refractivity contribution >= 4 is 33.3 Å². The highest BCUT2D eigenvalue weighted by atomic mass is 79.9. The molecule has 2 aromatic carbocycles. The zero-order valence-electron chi connectivity index (χ0n) is 9.29. The first-order valence-electron chi connectivity index (χ1n) is 5.30. The van der Waals surface area contributed by atoms with Crippen LogP contribution >= 0.6 is 27.5 Å². The molecule has 1 nitrogen and oxygen atoms in total. The molecule has 0 radical (unpaired) electrons. The van der Waals surface area contributed by atoms with Crippen molar-refractivity contribution < 1.29 is 9.18 Å². The Morgan fingerprint density at radius 3 is 2.61 bits per heavy atom. The monoisotopic (exact) mass is 326 g/mol. The Labute approximate surface area is 118 Å². The minimum Gasteiger partial charge on any atom is -0.294 e. The van der Waals surface area contributed by atoms with Crippen molar-refractivity contribution in [1.82, 2.24) is 0 Å². The second kappa shape index (κ2) is 5.63. The van der Waals surface area contributed by atoms with E-state index >= 15 is 0 Å². The number of carbonyl (C=O) groups excluding carboxylic acids is 1. The largest absolute Gasteiger partial charge is 0.294 e. The van der Waals surface area contributed by atoms with Crippen molar-refractivity contribution in [2.45, 2.75) is 6.42 Å². The van der Waals surface area contributed by atoms with Gasteiger partial charge in [-0.15, -0.1) is 0 Å². The fraction of sp³-hybridized carbons (Fsp3) is 0.0714. The van der Waals surface area contributed by atoms with Crippen LogP contribution in [0.5, 0.6) is 0 Å². The van der Waals surface area contributed by atoms with Crippen molar-refractivity contribution in [3.63, 3.8) is 0 Å². The lowest BCUT2D eigenvalue weighted by atomic mass is 10.0. The predicted octanol–water partition coefficient (Wildman–Crippen LogP) is 4.67. The van der Waals surface area contributed by atoms with Gasteiger partial charge in [0.05, 0.1) is 4.47 Å². The van der Waals surface area contributed by atoms with Crippen LogP contribution in [0.2, 0.25) is 5.02 Å². The van der Waals surface area contributed by atoms with E-state index in [0.717, 1.165) is 5.56 Å². The molecule has 0 aromatic heterocycles. The topological polar surface area (TPSA) is 17.1 Å². The fourth-order valence-electron chi connectivity index (χ4n) is 1.63. The average Bonchev–Trinajstić information content (AvgIpc) is 2.35. The number of hydrogen-bond donors (Lipinski definition) is 0. The highest BCUT2D eigenvalue weighted by Crippen LogP contribution is 2.23.